The van der Waals surface area contributed by atoms with Crippen LogP contribution in [0.4, 0.5) is 0 Å². The number of benzene rings is 1. The molecule has 1 aromatic carbocycles. The Morgan fingerprint density at radius 2 is 2.07 bits per heavy atom. The molecular weight excluding hydrogens is 378 g/mol. The minimum atomic E-state index is -0.168. The lowest BCUT2D eigenvalue weighted by atomic mass is 9.93. The summed E-state index contributed by atoms with van der Waals surface area (Å²) in [5.41, 5.74) is 6.49. The Labute approximate surface area is 176 Å². The minimum absolute atomic E-state index is 0.114. The Balaban J connectivity index is 1.37. The number of nitrogens with zero attached hydrogens (tertiary/aromatic N) is 2. The molecule has 3 aromatic rings. The summed E-state index contributed by atoms with van der Waals surface area (Å²) in [5, 5.41) is 7.83. The lowest BCUT2D eigenvalue weighted by Gasteiger charge is -2.10. The molecule has 1 aliphatic heterocycles. The van der Waals surface area contributed by atoms with Gasteiger partial charge in [0.25, 0.3) is 5.91 Å². The van der Waals surface area contributed by atoms with Gasteiger partial charge in [0.05, 0.1) is 18.3 Å². The molecule has 5 rings (SSSR count). The Kier molecular flexibility index (Phi) is 4.95. The van der Waals surface area contributed by atoms with E-state index in [4.69, 9.17) is 14.3 Å². The molecule has 0 saturated carbocycles. The van der Waals surface area contributed by atoms with Crippen molar-refractivity contribution < 1.29 is 13.9 Å². The molecule has 3 heterocycles. The Morgan fingerprint density at radius 1 is 1.23 bits per heavy atom. The predicted octanol–water partition coefficient (Wildman–Crippen LogP) is 3.82. The molecule has 2 aromatic heterocycles. The van der Waals surface area contributed by atoms with Gasteiger partial charge in [0.2, 0.25) is 0 Å². The molecule has 0 unspecified atom stereocenters. The standard InChI is InChI=1S/C24H27N3O3/c1-15-5-7-17(8-6-15)13-27-14-18-9-10-20-21(22(18)26-27)16(2)23(30-20)24(28)25-12-19-4-3-11-29-19/h5-8,14,19H,3-4,9-13H2,1-2H3,(H,25,28)/t19-/m0/s1. The van der Waals surface area contributed by atoms with Gasteiger partial charge in [0.15, 0.2) is 5.76 Å². The van der Waals surface area contributed by atoms with Crippen LogP contribution in [0.5, 0.6) is 0 Å². The van der Waals surface area contributed by atoms with Gasteiger partial charge in [0.1, 0.15) is 5.76 Å². The smallest absolute Gasteiger partial charge is 0.287 e. The first-order valence-electron chi connectivity index (χ1n) is 10.7. The molecule has 6 nitrogen and oxygen atoms in total. The van der Waals surface area contributed by atoms with Crippen molar-refractivity contribution in [2.45, 2.75) is 52.2 Å². The number of carbonyl (C=O) groups excluding carboxylic acids is 1. The van der Waals surface area contributed by atoms with Gasteiger partial charge in [-0.15, -0.1) is 0 Å². The van der Waals surface area contributed by atoms with Crippen molar-refractivity contribution in [3.8, 4) is 11.3 Å². The number of fused-ring (bicyclic) bond motifs is 3. The van der Waals surface area contributed by atoms with Crippen molar-refractivity contribution in [3.63, 3.8) is 0 Å². The Bertz CT molecular complexity index is 1070. The Morgan fingerprint density at radius 3 is 2.83 bits per heavy atom. The summed E-state index contributed by atoms with van der Waals surface area (Å²) in [5.74, 6) is 1.10. The first-order chi connectivity index (χ1) is 14.6. The maximum absolute atomic E-state index is 12.7. The molecule has 1 atom stereocenters. The van der Waals surface area contributed by atoms with Crippen LogP contribution in [0.2, 0.25) is 0 Å². The van der Waals surface area contributed by atoms with Crippen LogP contribution in [0.15, 0.2) is 34.9 Å². The van der Waals surface area contributed by atoms with Gasteiger partial charge >= 0.3 is 0 Å². The highest BCUT2D eigenvalue weighted by Gasteiger charge is 2.30. The molecule has 1 amide bonds. The highest BCUT2D eigenvalue weighted by atomic mass is 16.5. The van der Waals surface area contributed by atoms with Crippen LogP contribution in [0.1, 0.15) is 51.4 Å². The highest BCUT2D eigenvalue weighted by Crippen LogP contribution is 2.38. The van der Waals surface area contributed by atoms with Gasteiger partial charge in [-0.2, -0.15) is 5.10 Å². The van der Waals surface area contributed by atoms with Crippen molar-refractivity contribution in [1.82, 2.24) is 15.1 Å². The van der Waals surface area contributed by atoms with Gasteiger partial charge in [-0.3, -0.25) is 9.48 Å². The fraction of sp³-hybridized carbons (Fsp3) is 0.417. The second kappa shape index (κ2) is 7.76. The van der Waals surface area contributed by atoms with Gasteiger partial charge < -0.3 is 14.5 Å². The van der Waals surface area contributed by atoms with E-state index < -0.39 is 0 Å². The summed E-state index contributed by atoms with van der Waals surface area (Å²) in [4.78, 5) is 12.7. The molecule has 6 heteroatoms. The van der Waals surface area contributed by atoms with Crippen LogP contribution in [-0.2, 0) is 24.1 Å². The summed E-state index contributed by atoms with van der Waals surface area (Å²) in [6, 6.07) is 8.53. The molecule has 0 spiro atoms. The van der Waals surface area contributed by atoms with Crippen molar-refractivity contribution in [2.24, 2.45) is 0 Å². The number of nitrogens with one attached hydrogen (secondary N) is 1. The average Bonchev–Trinajstić information content (AvgIpc) is 3.46. The van der Waals surface area contributed by atoms with Crippen LogP contribution < -0.4 is 5.32 Å². The number of aryl methyl sites for hydroxylation is 3. The molecule has 0 radical (unpaired) electrons. The predicted molar refractivity (Wildman–Crippen MR) is 114 cm³/mol. The first-order valence-corrected chi connectivity index (χ1v) is 10.7. The molecule has 0 bridgehead atoms. The van der Waals surface area contributed by atoms with E-state index >= 15 is 0 Å². The van der Waals surface area contributed by atoms with Crippen LogP contribution >= 0.6 is 0 Å². The van der Waals surface area contributed by atoms with Crippen LogP contribution in [0.3, 0.4) is 0 Å². The summed E-state index contributed by atoms with van der Waals surface area (Å²) >= 11 is 0. The van der Waals surface area contributed by atoms with E-state index in [2.05, 4.69) is 42.7 Å². The summed E-state index contributed by atoms with van der Waals surface area (Å²) < 4.78 is 13.6. The molecule has 156 valence electrons. The number of aromatic nitrogens is 2. The molecule has 1 saturated heterocycles. The number of carbonyl (C=O) groups is 1. The lowest BCUT2D eigenvalue weighted by molar-refractivity contribution is 0.0833. The van der Waals surface area contributed by atoms with E-state index in [9.17, 15) is 4.79 Å². The molecule has 2 aliphatic rings. The third-order valence-electron chi connectivity index (χ3n) is 6.10. The van der Waals surface area contributed by atoms with Crippen molar-refractivity contribution in [2.75, 3.05) is 13.2 Å². The molecule has 30 heavy (non-hydrogen) atoms. The molecular formula is C24H27N3O3. The normalized spacial score (nSPS) is 17.6. The van der Waals surface area contributed by atoms with Crippen LogP contribution in [0.25, 0.3) is 11.3 Å². The quantitative estimate of drug-likeness (QED) is 0.701. The van der Waals surface area contributed by atoms with E-state index in [-0.39, 0.29) is 12.0 Å². The fourth-order valence-electron chi connectivity index (χ4n) is 4.43. The van der Waals surface area contributed by atoms with Crippen molar-refractivity contribution in [3.05, 3.63) is 64.2 Å². The number of hydrogen-bond donors (Lipinski definition) is 1. The molecule has 1 N–H and O–H groups in total. The SMILES string of the molecule is Cc1ccc(Cn2cc3c(n2)-c2c(oc(C(=O)NC[C@@H]4CCCO4)c2C)CC3)cc1. The van der Waals surface area contributed by atoms with Gasteiger partial charge in [-0.25, -0.2) is 0 Å². The summed E-state index contributed by atoms with van der Waals surface area (Å²) in [6.45, 7) is 6.09. The van der Waals surface area contributed by atoms with Gasteiger partial charge in [-0.1, -0.05) is 29.8 Å². The van der Waals surface area contributed by atoms with E-state index in [1.807, 2.05) is 11.6 Å². The Hall–Kier alpha value is -2.86. The molecule has 1 aliphatic carbocycles. The second-order valence-corrected chi connectivity index (χ2v) is 8.39. The largest absolute Gasteiger partial charge is 0.455 e. The van der Waals surface area contributed by atoms with E-state index in [0.717, 1.165) is 61.4 Å². The maximum atomic E-state index is 12.7. The topological polar surface area (TPSA) is 69.3 Å². The lowest BCUT2D eigenvalue weighted by Crippen LogP contribution is -2.31. The number of hydrogen-bond acceptors (Lipinski definition) is 4. The monoisotopic (exact) mass is 405 g/mol. The summed E-state index contributed by atoms with van der Waals surface area (Å²) in [6.07, 6.45) is 5.96. The number of ether oxygens (including phenoxy) is 1. The van der Waals surface area contributed by atoms with Gasteiger partial charge in [-0.05, 0) is 44.2 Å². The zero-order chi connectivity index (χ0) is 20.7. The highest BCUT2D eigenvalue weighted by molar-refractivity contribution is 5.95. The minimum Gasteiger partial charge on any atom is -0.455 e. The third-order valence-corrected chi connectivity index (χ3v) is 6.10. The van der Waals surface area contributed by atoms with Gasteiger partial charge in [0, 0.05) is 36.9 Å². The van der Waals surface area contributed by atoms with Crippen molar-refractivity contribution >= 4 is 5.91 Å². The third kappa shape index (κ3) is 3.56. The van der Waals surface area contributed by atoms with Crippen molar-refractivity contribution in [1.29, 1.82) is 0 Å². The number of amides is 1. The van der Waals surface area contributed by atoms with Crippen LogP contribution in [-0.4, -0.2) is 34.9 Å². The zero-order valence-electron chi connectivity index (χ0n) is 17.5. The second-order valence-electron chi connectivity index (χ2n) is 8.39. The molecule has 1 fully saturated rings. The van der Waals surface area contributed by atoms with E-state index in [1.165, 1.54) is 16.7 Å². The number of rotatable bonds is 5. The zero-order valence-corrected chi connectivity index (χ0v) is 17.5. The first kappa shape index (κ1) is 19.1. The number of furan rings is 1. The maximum Gasteiger partial charge on any atom is 0.287 e. The summed E-state index contributed by atoms with van der Waals surface area (Å²) in [7, 11) is 0. The van der Waals surface area contributed by atoms with Crippen LogP contribution in [0, 0.1) is 13.8 Å². The van der Waals surface area contributed by atoms with E-state index in [1.54, 1.807) is 0 Å². The fourth-order valence-corrected chi connectivity index (χ4v) is 4.43. The van der Waals surface area contributed by atoms with E-state index in [0.29, 0.717) is 12.3 Å². The average molecular weight is 405 g/mol.